The Kier molecular flexibility index (Phi) is 7.83. The van der Waals surface area contributed by atoms with E-state index in [-0.39, 0.29) is 29.6 Å². The molecule has 13 nitrogen and oxygen atoms in total. The highest BCUT2D eigenvalue weighted by Crippen LogP contribution is 2.45. The molecule has 17 heteroatoms. The number of amides is 2. The second-order valence-electron chi connectivity index (χ2n) is 8.07. The highest BCUT2D eigenvalue weighted by Gasteiger charge is 2.53. The van der Waals surface area contributed by atoms with E-state index in [1.165, 1.54) is 34.9 Å². The zero-order valence-corrected chi connectivity index (χ0v) is 23.5. The van der Waals surface area contributed by atoms with Crippen LogP contribution in [0.2, 0.25) is 0 Å². The third-order valence-electron chi connectivity index (χ3n) is 5.55. The number of oxime groups is 1. The fraction of sp³-hybridized carbons (Fsp3) is 0.273. The summed E-state index contributed by atoms with van der Waals surface area (Å²) >= 11 is 4.45. The molecule has 2 atom stereocenters. The summed E-state index contributed by atoms with van der Waals surface area (Å²) in [6.07, 6.45) is 3.81. The first-order chi connectivity index (χ1) is 18.8. The van der Waals surface area contributed by atoms with Crippen molar-refractivity contribution in [2.24, 2.45) is 12.2 Å². The first-order valence-electron chi connectivity index (χ1n) is 11.3. The highest BCUT2D eigenvalue weighted by molar-refractivity contribution is 8.07. The molecule has 2 N–H and O–H groups in total. The van der Waals surface area contributed by atoms with Gasteiger partial charge in [-0.05, 0) is 6.92 Å². The molecule has 0 aliphatic carbocycles. The molecule has 2 aliphatic heterocycles. The van der Waals surface area contributed by atoms with Crippen LogP contribution in [0.15, 0.2) is 54.8 Å². The normalized spacial score (nSPS) is 19.0. The van der Waals surface area contributed by atoms with E-state index in [1.807, 2.05) is 41.5 Å². The molecule has 0 bridgehead atoms. The molecule has 202 valence electrons. The summed E-state index contributed by atoms with van der Waals surface area (Å²) in [5.74, 6) is -2.74. The lowest BCUT2D eigenvalue weighted by atomic mass is 10.0. The van der Waals surface area contributed by atoms with Gasteiger partial charge in [-0.2, -0.15) is 4.37 Å². The van der Waals surface area contributed by atoms with Crippen LogP contribution in [0.5, 0.6) is 0 Å². The molecule has 0 aromatic carbocycles. The summed E-state index contributed by atoms with van der Waals surface area (Å²) in [4.78, 5) is 62.6. The van der Waals surface area contributed by atoms with Crippen molar-refractivity contribution >= 4 is 69.9 Å². The number of nitrogens with zero attached hydrogens (tertiary/aromatic N) is 5. The second-order valence-corrected chi connectivity index (χ2v) is 12.1. The first-order valence-corrected chi connectivity index (χ1v) is 14.8. The zero-order valence-electron chi connectivity index (χ0n) is 20.3. The number of carboxylic acid groups (broad SMARTS) is 1. The Labute approximate surface area is 237 Å². The van der Waals surface area contributed by atoms with Gasteiger partial charge in [0.25, 0.3) is 11.8 Å². The lowest BCUT2D eigenvalue weighted by Crippen LogP contribution is -2.71. The number of carbonyl (C=O) groups is 3. The van der Waals surface area contributed by atoms with E-state index in [4.69, 9.17) is 4.84 Å². The number of carboxylic acids is 1. The summed E-state index contributed by atoms with van der Waals surface area (Å²) in [6, 6.07) is 2.84. The van der Waals surface area contributed by atoms with Gasteiger partial charge in [0.2, 0.25) is 5.71 Å². The van der Waals surface area contributed by atoms with Gasteiger partial charge in [-0.15, -0.1) is 23.1 Å². The van der Waals surface area contributed by atoms with Crippen molar-refractivity contribution in [2.45, 2.75) is 22.7 Å². The fourth-order valence-corrected chi connectivity index (χ4v) is 7.64. The van der Waals surface area contributed by atoms with E-state index < -0.39 is 34.1 Å². The summed E-state index contributed by atoms with van der Waals surface area (Å²) in [7, 11) is 1.91. The number of aliphatic carboxylic acids is 1. The van der Waals surface area contributed by atoms with E-state index >= 15 is 0 Å². The Balaban J connectivity index is 1.33. The van der Waals surface area contributed by atoms with Gasteiger partial charge in [0.1, 0.15) is 25.1 Å². The predicted octanol–water partition coefficient (Wildman–Crippen LogP) is -0.326. The van der Waals surface area contributed by atoms with Gasteiger partial charge < -0.3 is 20.1 Å². The number of H-pyrrole nitrogens is 1. The Morgan fingerprint density at radius 1 is 1.36 bits per heavy atom. The maximum Gasteiger partial charge on any atom is 0.323 e. The number of thioether (sulfide) groups is 2. The molecule has 1 fully saturated rings. The number of rotatable bonds is 9. The van der Waals surface area contributed by atoms with Gasteiger partial charge in [0.05, 0.1) is 17.4 Å². The van der Waals surface area contributed by atoms with Crippen LogP contribution in [0, 0.1) is 0 Å². The molecule has 5 rings (SSSR count). The van der Waals surface area contributed by atoms with Crippen LogP contribution in [0.3, 0.4) is 0 Å². The maximum absolute atomic E-state index is 13.0. The van der Waals surface area contributed by atoms with E-state index in [0.29, 0.717) is 20.8 Å². The van der Waals surface area contributed by atoms with Crippen molar-refractivity contribution in [3.8, 4) is 11.3 Å². The van der Waals surface area contributed by atoms with Crippen molar-refractivity contribution in [1.29, 1.82) is 0 Å². The number of thiazole rings is 1. The van der Waals surface area contributed by atoms with E-state index in [0.717, 1.165) is 16.2 Å². The number of nitrogens with one attached hydrogen (secondary N) is 2. The van der Waals surface area contributed by atoms with Crippen molar-refractivity contribution in [3.05, 3.63) is 56.0 Å². The quantitative estimate of drug-likeness (QED) is 0.142. The lowest BCUT2D eigenvalue weighted by Gasteiger charge is -2.50. The van der Waals surface area contributed by atoms with Crippen LogP contribution in [0.25, 0.3) is 11.3 Å². The van der Waals surface area contributed by atoms with Gasteiger partial charge >= 0.3 is 4.87 Å². The van der Waals surface area contributed by atoms with Crippen LogP contribution in [0.1, 0.15) is 12.7 Å². The van der Waals surface area contributed by atoms with Crippen molar-refractivity contribution < 1.29 is 28.9 Å². The van der Waals surface area contributed by atoms with E-state index in [1.54, 1.807) is 6.92 Å². The van der Waals surface area contributed by atoms with E-state index in [2.05, 4.69) is 24.8 Å². The van der Waals surface area contributed by atoms with Crippen LogP contribution in [-0.2, 0) is 26.3 Å². The average molecular weight is 606 g/mol. The largest absolute Gasteiger partial charge is 0.543 e. The molecule has 1 unspecified atom stereocenters. The molecule has 0 saturated carbocycles. The fourth-order valence-electron chi connectivity index (χ4n) is 3.74. The number of pyridine rings is 1. The molecule has 2 amide bonds. The summed E-state index contributed by atoms with van der Waals surface area (Å²) in [5, 5.41) is 19.6. The number of aryl methyl sites for hydroxylation is 1. The highest BCUT2D eigenvalue weighted by atomic mass is 32.2. The van der Waals surface area contributed by atoms with Crippen LogP contribution in [0.4, 0.5) is 0 Å². The minimum absolute atomic E-state index is 0.0999. The minimum atomic E-state index is -1.49. The topological polar surface area (TPSA) is 174 Å². The number of carbonyl (C=O) groups excluding carboxylic acids is 3. The smallest absolute Gasteiger partial charge is 0.323 e. The standard InChI is InChI=1S/C22H19N7O6S4/c1-3-35-26-13(16-25-21(34)39-27-16)17(30)24-14-18(31)29-15(20(32)33)12(9-36-19(14)29)38-22-23-11(8-37-22)10-4-6-28(2)7-5-10/h4-8,14,19H,3,9H2,1-2H3,(H2-,24,25,27,30,32,33,34)/b26-13-/t14?,19-/m1/s1. The molecule has 0 radical (unpaired) electrons. The second kappa shape index (κ2) is 11.3. The number of hydrogen-bond acceptors (Lipinski definition) is 13. The molecule has 5 heterocycles. The first kappa shape index (κ1) is 27.0. The molecule has 3 aromatic heterocycles. The molecule has 0 spiro atoms. The van der Waals surface area contributed by atoms with Crippen molar-refractivity contribution in [3.63, 3.8) is 0 Å². The number of β-lactam (4-membered cyclic amide) rings is 1. The maximum atomic E-state index is 13.0. The Morgan fingerprint density at radius 2 is 2.13 bits per heavy atom. The summed E-state index contributed by atoms with van der Waals surface area (Å²) in [5.41, 5.74) is 1.14. The molecule has 39 heavy (non-hydrogen) atoms. The molecular weight excluding hydrogens is 587 g/mol. The van der Waals surface area contributed by atoms with Crippen molar-refractivity contribution in [2.75, 3.05) is 12.4 Å². The van der Waals surface area contributed by atoms with E-state index in [9.17, 15) is 24.3 Å². The molecule has 2 aliphatic rings. The Morgan fingerprint density at radius 3 is 2.79 bits per heavy atom. The SMILES string of the molecule is CCO/N=C(\C(=O)NC1C(=O)N2C(C(=O)[O-])=C(Sc3nc(-c4cc[n+](C)cc4)cs3)CS[C@H]12)c1nsc(=O)[nH]1. The van der Waals surface area contributed by atoms with Crippen molar-refractivity contribution in [1.82, 2.24) is 24.6 Å². The van der Waals surface area contributed by atoms with Gasteiger partial charge in [0.15, 0.2) is 22.6 Å². The van der Waals surface area contributed by atoms with Gasteiger partial charge in [0, 0.05) is 45.3 Å². The van der Waals surface area contributed by atoms with Crippen LogP contribution >= 0.6 is 46.4 Å². The van der Waals surface area contributed by atoms with Crippen LogP contribution < -0.4 is 19.9 Å². The monoisotopic (exact) mass is 605 g/mol. The lowest BCUT2D eigenvalue weighted by molar-refractivity contribution is -0.671. The summed E-state index contributed by atoms with van der Waals surface area (Å²) in [6.45, 7) is 1.82. The Bertz CT molecular complexity index is 1560. The Hall–Kier alpha value is -3.54. The number of aromatic nitrogens is 4. The van der Waals surface area contributed by atoms with Gasteiger partial charge in [-0.25, -0.2) is 9.55 Å². The molecular formula is C22H19N7O6S4. The van der Waals surface area contributed by atoms with Gasteiger partial charge in [-0.3, -0.25) is 24.3 Å². The third kappa shape index (κ3) is 5.47. The van der Waals surface area contributed by atoms with Crippen LogP contribution in [-0.4, -0.2) is 66.5 Å². The predicted molar refractivity (Wildman–Crippen MR) is 143 cm³/mol. The number of aromatic amines is 1. The zero-order chi connectivity index (χ0) is 27.7. The van der Waals surface area contributed by atoms with Gasteiger partial charge in [-0.1, -0.05) is 16.9 Å². The third-order valence-corrected chi connectivity index (χ3v) is 9.57. The summed E-state index contributed by atoms with van der Waals surface area (Å²) < 4.78 is 6.38. The average Bonchev–Trinajstić information content (AvgIpc) is 3.56. The number of hydrogen-bond donors (Lipinski definition) is 2. The minimum Gasteiger partial charge on any atom is -0.543 e. The molecule has 1 saturated heterocycles. The molecule has 3 aromatic rings. The number of fused-ring (bicyclic) bond motifs is 1.